The van der Waals surface area contributed by atoms with Gasteiger partial charge in [0.2, 0.25) is 0 Å². The van der Waals surface area contributed by atoms with Crippen LogP contribution in [0.15, 0.2) is 18.6 Å². The number of imidazole rings is 1. The molecule has 0 aliphatic rings. The highest BCUT2D eigenvalue weighted by molar-refractivity contribution is 5.85. The summed E-state index contributed by atoms with van der Waals surface area (Å²) in [5, 5.41) is 13.7. The summed E-state index contributed by atoms with van der Waals surface area (Å²) in [6, 6.07) is 0. The fourth-order valence-corrected chi connectivity index (χ4v) is 1.01. The maximum absolute atomic E-state index is 9.65. The number of fused-ring (bicyclic) bond motifs is 1. The molecule has 0 fully saturated rings. The Hall–Kier alpha value is -1.20. The summed E-state index contributed by atoms with van der Waals surface area (Å²) in [7, 11) is 0. The first kappa shape index (κ1) is 10.9. The van der Waals surface area contributed by atoms with Gasteiger partial charge in [-0.2, -0.15) is 5.10 Å². The number of halogens is 1. The van der Waals surface area contributed by atoms with Gasteiger partial charge >= 0.3 is 0 Å². The highest BCUT2D eigenvalue weighted by Crippen LogP contribution is 2.15. The molecule has 0 aromatic carbocycles. The normalized spacial score (nSPS) is 11.4. The molecule has 0 amide bonds. The Labute approximate surface area is 87.2 Å². The smallest absolute Gasteiger partial charge is 0.250 e. The van der Waals surface area contributed by atoms with Crippen LogP contribution in [0.3, 0.4) is 0 Å². The lowest BCUT2D eigenvalue weighted by Gasteiger charge is -2.14. The molecule has 6 heteroatoms. The van der Waals surface area contributed by atoms with E-state index in [1.807, 2.05) is 0 Å². The highest BCUT2D eigenvalue weighted by Gasteiger charge is 2.18. The number of aromatic nitrogens is 4. The van der Waals surface area contributed by atoms with Crippen molar-refractivity contribution in [3.8, 4) is 0 Å². The van der Waals surface area contributed by atoms with Gasteiger partial charge in [0, 0.05) is 6.20 Å². The standard InChI is InChI=1S/C8H10N4O.ClH/c1-8(2,13)6-5-10-12-4-3-9-7(12)11-6;/h3-5,13H,1-2H3;1H. The highest BCUT2D eigenvalue weighted by atomic mass is 35.5. The van der Waals surface area contributed by atoms with Crippen LogP contribution in [0.4, 0.5) is 0 Å². The minimum absolute atomic E-state index is 0. The number of nitrogens with zero attached hydrogens (tertiary/aromatic N) is 4. The second-order valence-electron chi connectivity index (χ2n) is 3.37. The zero-order valence-electron chi connectivity index (χ0n) is 7.88. The molecule has 0 unspecified atom stereocenters. The van der Waals surface area contributed by atoms with Gasteiger partial charge in [0.25, 0.3) is 5.78 Å². The maximum atomic E-state index is 9.65. The zero-order valence-corrected chi connectivity index (χ0v) is 8.69. The van der Waals surface area contributed by atoms with Crippen molar-refractivity contribution in [1.82, 2.24) is 19.6 Å². The van der Waals surface area contributed by atoms with E-state index in [1.54, 1.807) is 30.8 Å². The maximum Gasteiger partial charge on any atom is 0.250 e. The molecule has 2 rings (SSSR count). The third-order valence-electron chi connectivity index (χ3n) is 1.75. The molecule has 0 saturated heterocycles. The molecule has 0 saturated carbocycles. The molecule has 0 atom stereocenters. The van der Waals surface area contributed by atoms with Gasteiger partial charge in [-0.3, -0.25) is 0 Å². The van der Waals surface area contributed by atoms with Gasteiger partial charge in [0.1, 0.15) is 5.60 Å². The van der Waals surface area contributed by atoms with E-state index in [4.69, 9.17) is 0 Å². The second kappa shape index (κ2) is 3.51. The number of hydrogen-bond acceptors (Lipinski definition) is 4. The van der Waals surface area contributed by atoms with E-state index in [1.165, 1.54) is 6.20 Å². The van der Waals surface area contributed by atoms with Crippen LogP contribution in [0.1, 0.15) is 19.5 Å². The molecular weight excluding hydrogens is 204 g/mol. The number of hydrogen-bond donors (Lipinski definition) is 1. The van der Waals surface area contributed by atoms with Crippen LogP contribution < -0.4 is 0 Å². The predicted molar refractivity (Wildman–Crippen MR) is 53.3 cm³/mol. The van der Waals surface area contributed by atoms with E-state index in [-0.39, 0.29) is 12.4 Å². The van der Waals surface area contributed by atoms with Gasteiger partial charge in [-0.05, 0) is 13.8 Å². The number of rotatable bonds is 1. The SMILES string of the molecule is CC(C)(O)c1cnn2ccnc2n1.Cl. The Bertz CT molecular complexity index is 434. The Balaban J connectivity index is 0.000000980. The lowest BCUT2D eigenvalue weighted by Crippen LogP contribution is -2.18. The van der Waals surface area contributed by atoms with Crippen LogP contribution in [-0.4, -0.2) is 24.7 Å². The lowest BCUT2D eigenvalue weighted by molar-refractivity contribution is 0.0734. The third-order valence-corrected chi connectivity index (χ3v) is 1.75. The van der Waals surface area contributed by atoms with Crippen molar-refractivity contribution in [1.29, 1.82) is 0 Å². The zero-order chi connectivity index (χ0) is 9.47. The molecule has 76 valence electrons. The van der Waals surface area contributed by atoms with Crippen molar-refractivity contribution in [2.24, 2.45) is 0 Å². The van der Waals surface area contributed by atoms with E-state index >= 15 is 0 Å². The Morgan fingerprint density at radius 3 is 2.79 bits per heavy atom. The van der Waals surface area contributed by atoms with E-state index in [9.17, 15) is 5.11 Å². The second-order valence-corrected chi connectivity index (χ2v) is 3.37. The van der Waals surface area contributed by atoms with E-state index < -0.39 is 5.60 Å². The van der Waals surface area contributed by atoms with Crippen molar-refractivity contribution in [3.63, 3.8) is 0 Å². The first-order valence-electron chi connectivity index (χ1n) is 3.96. The minimum Gasteiger partial charge on any atom is -0.384 e. The van der Waals surface area contributed by atoms with Gasteiger partial charge in [-0.25, -0.2) is 14.5 Å². The van der Waals surface area contributed by atoms with Crippen molar-refractivity contribution < 1.29 is 5.11 Å². The Morgan fingerprint density at radius 1 is 1.43 bits per heavy atom. The molecule has 0 bridgehead atoms. The quantitative estimate of drug-likeness (QED) is 0.762. The first-order chi connectivity index (χ1) is 6.07. The van der Waals surface area contributed by atoms with Gasteiger partial charge in [-0.1, -0.05) is 0 Å². The first-order valence-corrected chi connectivity index (χ1v) is 3.96. The average molecular weight is 215 g/mol. The van der Waals surface area contributed by atoms with E-state index in [0.29, 0.717) is 11.5 Å². The molecule has 0 radical (unpaired) electrons. The summed E-state index contributed by atoms with van der Waals surface area (Å²) in [5.74, 6) is 0.500. The molecule has 0 aliphatic carbocycles. The largest absolute Gasteiger partial charge is 0.384 e. The fourth-order valence-electron chi connectivity index (χ4n) is 1.01. The summed E-state index contributed by atoms with van der Waals surface area (Å²) in [4.78, 5) is 8.12. The van der Waals surface area contributed by atoms with Crippen LogP contribution in [0.5, 0.6) is 0 Å². The van der Waals surface area contributed by atoms with Gasteiger partial charge in [0.05, 0.1) is 18.1 Å². The molecule has 1 N–H and O–H groups in total. The molecule has 2 heterocycles. The molecule has 2 aromatic rings. The average Bonchev–Trinajstić information content (AvgIpc) is 2.47. The third kappa shape index (κ3) is 1.83. The monoisotopic (exact) mass is 214 g/mol. The summed E-state index contributed by atoms with van der Waals surface area (Å²) >= 11 is 0. The topological polar surface area (TPSA) is 63.3 Å². The molecule has 5 nitrogen and oxygen atoms in total. The molecule has 0 aliphatic heterocycles. The summed E-state index contributed by atoms with van der Waals surface area (Å²) < 4.78 is 1.55. The van der Waals surface area contributed by atoms with Crippen molar-refractivity contribution in [3.05, 3.63) is 24.3 Å². The minimum atomic E-state index is -0.972. The molecular formula is C8H11ClN4O. The van der Waals surface area contributed by atoms with Gasteiger partial charge in [-0.15, -0.1) is 12.4 Å². The summed E-state index contributed by atoms with van der Waals surface area (Å²) in [5.41, 5.74) is -0.452. The molecule has 14 heavy (non-hydrogen) atoms. The van der Waals surface area contributed by atoms with Gasteiger partial charge < -0.3 is 5.11 Å². The van der Waals surface area contributed by atoms with Crippen LogP contribution >= 0.6 is 12.4 Å². The van der Waals surface area contributed by atoms with E-state index in [0.717, 1.165) is 0 Å². The molecule has 2 aromatic heterocycles. The van der Waals surface area contributed by atoms with Crippen molar-refractivity contribution in [2.75, 3.05) is 0 Å². The van der Waals surface area contributed by atoms with Crippen LogP contribution in [0.25, 0.3) is 5.78 Å². The predicted octanol–water partition coefficient (Wildman–Crippen LogP) is 0.773. The fraction of sp³-hybridized carbons (Fsp3) is 0.375. The number of aliphatic hydroxyl groups is 1. The molecule has 0 spiro atoms. The van der Waals surface area contributed by atoms with Crippen molar-refractivity contribution in [2.45, 2.75) is 19.4 Å². The summed E-state index contributed by atoms with van der Waals surface area (Å²) in [6.45, 7) is 3.33. The van der Waals surface area contributed by atoms with Crippen LogP contribution in [0.2, 0.25) is 0 Å². The van der Waals surface area contributed by atoms with Crippen molar-refractivity contribution >= 4 is 18.2 Å². The van der Waals surface area contributed by atoms with E-state index in [2.05, 4.69) is 15.1 Å². The lowest BCUT2D eigenvalue weighted by atomic mass is 10.1. The Morgan fingerprint density at radius 2 is 2.14 bits per heavy atom. The van der Waals surface area contributed by atoms with Crippen LogP contribution in [0, 0.1) is 0 Å². The van der Waals surface area contributed by atoms with Crippen LogP contribution in [-0.2, 0) is 5.60 Å². The van der Waals surface area contributed by atoms with Gasteiger partial charge in [0.15, 0.2) is 0 Å². The summed E-state index contributed by atoms with van der Waals surface area (Å²) in [6.07, 6.45) is 4.86. The Kier molecular flexibility index (Phi) is 2.73.